The number of hydrogen-bond donors (Lipinski definition) is 2. The average Bonchev–Trinajstić information content (AvgIpc) is 1.64. The fraction of sp³-hybridized carbons (Fsp3) is 1.00. The molecule has 0 spiro atoms. The molecule has 0 saturated carbocycles. The van der Waals surface area contributed by atoms with Crippen molar-refractivity contribution < 1.29 is 0 Å². The van der Waals surface area contributed by atoms with Gasteiger partial charge in [-0.2, -0.15) is 0 Å². The van der Waals surface area contributed by atoms with Gasteiger partial charge < -0.3 is 5.32 Å². The molecule has 1 rings (SSSR count). The van der Waals surface area contributed by atoms with Gasteiger partial charge in [-0.1, -0.05) is 0 Å². The predicted octanol–water partition coefficient (Wildman–Crippen LogP) is -0.846. The summed E-state index contributed by atoms with van der Waals surface area (Å²) in [4.78, 5) is 0. The minimum Gasteiger partial charge on any atom is -0.312 e. The second kappa shape index (κ2) is 2.44. The first kappa shape index (κ1) is 6.01. The van der Waals surface area contributed by atoms with Crippen molar-refractivity contribution in [3.05, 3.63) is 0 Å². The van der Waals surface area contributed by atoms with Crippen LogP contribution >= 0.6 is 0 Å². The van der Waals surface area contributed by atoms with Gasteiger partial charge in [-0.05, 0) is 6.92 Å². The summed E-state index contributed by atoms with van der Waals surface area (Å²) >= 11 is 0. The maximum Gasteiger partial charge on any atom is 0.0280 e. The summed E-state index contributed by atoms with van der Waals surface area (Å²) in [5.74, 6) is 5.52. The number of nitrogens with one attached hydrogen (secondary N) is 1. The highest BCUT2D eigenvalue weighted by molar-refractivity contribution is 4.70. The van der Waals surface area contributed by atoms with Gasteiger partial charge in [-0.25, -0.2) is 5.01 Å². The van der Waals surface area contributed by atoms with Crippen molar-refractivity contribution in [3.63, 3.8) is 0 Å². The standard InChI is InChI=1S/C5H13N3/c1-5-4-8(6)3-2-7-5/h5,7H,2-4,6H2,1H3/t5-/m1/s1. The van der Waals surface area contributed by atoms with E-state index in [2.05, 4.69) is 12.2 Å². The van der Waals surface area contributed by atoms with Gasteiger partial charge in [0.15, 0.2) is 0 Å². The first-order valence-corrected chi connectivity index (χ1v) is 3.02. The van der Waals surface area contributed by atoms with E-state index in [1.165, 1.54) is 0 Å². The Balaban J connectivity index is 2.23. The largest absolute Gasteiger partial charge is 0.312 e. The first-order chi connectivity index (χ1) is 3.79. The van der Waals surface area contributed by atoms with Gasteiger partial charge in [0.2, 0.25) is 0 Å². The third-order valence-electron chi connectivity index (χ3n) is 1.40. The van der Waals surface area contributed by atoms with Crippen LogP contribution in [0.4, 0.5) is 0 Å². The van der Waals surface area contributed by atoms with Gasteiger partial charge in [-0.15, -0.1) is 0 Å². The van der Waals surface area contributed by atoms with Crippen LogP contribution in [0.5, 0.6) is 0 Å². The first-order valence-electron chi connectivity index (χ1n) is 3.02. The average molecular weight is 115 g/mol. The summed E-state index contributed by atoms with van der Waals surface area (Å²) in [7, 11) is 0. The van der Waals surface area contributed by atoms with E-state index >= 15 is 0 Å². The molecule has 3 nitrogen and oxygen atoms in total. The zero-order valence-corrected chi connectivity index (χ0v) is 5.22. The van der Waals surface area contributed by atoms with Crippen LogP contribution in [0.15, 0.2) is 0 Å². The SMILES string of the molecule is C[C@@H]1CN(N)CCN1. The lowest BCUT2D eigenvalue weighted by molar-refractivity contribution is 0.212. The summed E-state index contributed by atoms with van der Waals surface area (Å²) in [6.07, 6.45) is 0. The van der Waals surface area contributed by atoms with Crippen LogP contribution in [-0.4, -0.2) is 30.7 Å². The van der Waals surface area contributed by atoms with E-state index in [1.54, 1.807) is 0 Å². The van der Waals surface area contributed by atoms with E-state index in [0.29, 0.717) is 6.04 Å². The Kier molecular flexibility index (Phi) is 1.83. The van der Waals surface area contributed by atoms with Crippen molar-refractivity contribution in [3.8, 4) is 0 Å². The molecule has 1 heterocycles. The molecule has 1 aliphatic heterocycles. The molecule has 48 valence electrons. The summed E-state index contributed by atoms with van der Waals surface area (Å²) < 4.78 is 0. The van der Waals surface area contributed by atoms with Crippen LogP contribution < -0.4 is 11.2 Å². The molecule has 0 aromatic carbocycles. The molecule has 1 saturated heterocycles. The van der Waals surface area contributed by atoms with Crippen LogP contribution in [0.2, 0.25) is 0 Å². The normalized spacial score (nSPS) is 33.0. The summed E-state index contributed by atoms with van der Waals surface area (Å²) in [5, 5.41) is 5.14. The summed E-state index contributed by atoms with van der Waals surface area (Å²) in [6.45, 7) is 5.11. The molecule has 0 bridgehead atoms. The number of hydrazine groups is 1. The van der Waals surface area contributed by atoms with E-state index in [-0.39, 0.29) is 0 Å². The Hall–Kier alpha value is -0.120. The van der Waals surface area contributed by atoms with Gasteiger partial charge in [0.05, 0.1) is 0 Å². The monoisotopic (exact) mass is 115 g/mol. The molecule has 0 aromatic heterocycles. The summed E-state index contributed by atoms with van der Waals surface area (Å²) in [6, 6.07) is 0.564. The maximum atomic E-state index is 5.52. The van der Waals surface area contributed by atoms with Crippen molar-refractivity contribution in [2.24, 2.45) is 5.84 Å². The third kappa shape index (κ3) is 1.43. The van der Waals surface area contributed by atoms with E-state index in [9.17, 15) is 0 Å². The maximum absolute atomic E-state index is 5.52. The molecule has 1 fully saturated rings. The Labute approximate surface area is 49.8 Å². The number of nitrogens with two attached hydrogens (primary N) is 1. The molecule has 0 unspecified atom stereocenters. The Morgan fingerprint density at radius 3 is 2.88 bits per heavy atom. The highest BCUT2D eigenvalue weighted by Gasteiger charge is 2.10. The lowest BCUT2D eigenvalue weighted by atomic mass is 10.3. The zero-order valence-electron chi connectivity index (χ0n) is 5.22. The molecule has 1 aliphatic rings. The second-order valence-corrected chi connectivity index (χ2v) is 2.35. The van der Waals surface area contributed by atoms with Crippen LogP contribution in [0.1, 0.15) is 6.92 Å². The third-order valence-corrected chi connectivity index (χ3v) is 1.40. The van der Waals surface area contributed by atoms with Gasteiger partial charge in [0.25, 0.3) is 0 Å². The highest BCUT2D eigenvalue weighted by Crippen LogP contribution is 1.89. The molecule has 3 N–H and O–H groups in total. The number of rotatable bonds is 0. The summed E-state index contributed by atoms with van der Waals surface area (Å²) in [5.41, 5.74) is 0. The van der Waals surface area contributed by atoms with Crippen LogP contribution in [0.25, 0.3) is 0 Å². The lowest BCUT2D eigenvalue weighted by Crippen LogP contribution is -2.51. The zero-order chi connectivity index (χ0) is 5.98. The molecule has 8 heavy (non-hydrogen) atoms. The molecule has 0 aromatic rings. The van der Waals surface area contributed by atoms with Crippen LogP contribution in [0, 0.1) is 0 Å². The topological polar surface area (TPSA) is 41.3 Å². The van der Waals surface area contributed by atoms with Crippen molar-refractivity contribution in [2.75, 3.05) is 19.6 Å². The van der Waals surface area contributed by atoms with Crippen LogP contribution in [0.3, 0.4) is 0 Å². The molecule has 0 amide bonds. The van der Waals surface area contributed by atoms with Gasteiger partial charge in [0, 0.05) is 25.7 Å². The Bertz CT molecular complexity index is 66.1. The fourth-order valence-electron chi connectivity index (χ4n) is 0.962. The van der Waals surface area contributed by atoms with Crippen molar-refractivity contribution >= 4 is 0 Å². The Morgan fingerprint density at radius 2 is 2.50 bits per heavy atom. The molecular formula is C5H13N3. The second-order valence-electron chi connectivity index (χ2n) is 2.35. The van der Waals surface area contributed by atoms with Gasteiger partial charge >= 0.3 is 0 Å². The van der Waals surface area contributed by atoms with Crippen molar-refractivity contribution in [1.82, 2.24) is 10.3 Å². The molecule has 1 atom stereocenters. The van der Waals surface area contributed by atoms with Crippen molar-refractivity contribution in [2.45, 2.75) is 13.0 Å². The smallest absolute Gasteiger partial charge is 0.0280 e. The Morgan fingerprint density at radius 1 is 1.75 bits per heavy atom. The molecular weight excluding hydrogens is 102 g/mol. The number of hydrogen-bond acceptors (Lipinski definition) is 3. The molecule has 3 heteroatoms. The quantitative estimate of drug-likeness (QED) is 0.404. The van der Waals surface area contributed by atoms with Crippen molar-refractivity contribution in [1.29, 1.82) is 0 Å². The minimum absolute atomic E-state index is 0.564. The van der Waals surface area contributed by atoms with Gasteiger partial charge in [0.1, 0.15) is 0 Å². The number of nitrogens with zero attached hydrogens (tertiary/aromatic N) is 1. The minimum atomic E-state index is 0.564. The van der Waals surface area contributed by atoms with E-state index in [4.69, 9.17) is 5.84 Å². The fourth-order valence-corrected chi connectivity index (χ4v) is 0.962. The van der Waals surface area contributed by atoms with E-state index in [1.807, 2.05) is 5.01 Å². The van der Waals surface area contributed by atoms with E-state index in [0.717, 1.165) is 19.6 Å². The highest BCUT2D eigenvalue weighted by atomic mass is 15.4. The lowest BCUT2D eigenvalue weighted by Gasteiger charge is -2.27. The molecule has 0 aliphatic carbocycles. The van der Waals surface area contributed by atoms with E-state index < -0.39 is 0 Å². The van der Waals surface area contributed by atoms with Gasteiger partial charge in [-0.3, -0.25) is 5.84 Å². The van der Waals surface area contributed by atoms with Crippen LogP contribution in [-0.2, 0) is 0 Å². The predicted molar refractivity (Wildman–Crippen MR) is 33.2 cm³/mol. The number of piperazine rings is 1. The molecule has 0 radical (unpaired) electrons.